The van der Waals surface area contributed by atoms with Crippen LogP contribution >= 0.6 is 11.6 Å². The highest BCUT2D eigenvalue weighted by molar-refractivity contribution is 6.30. The molecule has 1 aromatic heterocycles. The number of aromatic nitrogens is 2. The summed E-state index contributed by atoms with van der Waals surface area (Å²) in [5, 5.41) is 3.52. The Morgan fingerprint density at radius 3 is 2.19 bits per heavy atom. The number of benzene rings is 3. The lowest BCUT2D eigenvalue weighted by Gasteiger charge is -2.21. The van der Waals surface area contributed by atoms with Gasteiger partial charge in [-0.15, -0.1) is 6.58 Å². The molecular weight excluding hydrogens is 472 g/mol. The van der Waals surface area contributed by atoms with E-state index in [0.717, 1.165) is 22.4 Å². The van der Waals surface area contributed by atoms with Crippen molar-refractivity contribution in [3.8, 4) is 16.9 Å². The van der Waals surface area contributed by atoms with Gasteiger partial charge in [0.15, 0.2) is 0 Å². The van der Waals surface area contributed by atoms with Crippen molar-refractivity contribution in [1.82, 2.24) is 14.5 Å². The number of aryl methyl sites for hydroxylation is 2. The van der Waals surface area contributed by atoms with E-state index in [4.69, 9.17) is 11.6 Å². The highest BCUT2D eigenvalue weighted by Gasteiger charge is 2.20. The summed E-state index contributed by atoms with van der Waals surface area (Å²) in [7, 11) is 0. The largest absolute Gasteiger partial charge is 0.326 e. The normalized spacial score (nSPS) is 10.6. The first-order chi connectivity index (χ1) is 17.3. The van der Waals surface area contributed by atoms with Crippen molar-refractivity contribution in [3.63, 3.8) is 0 Å². The fourth-order valence-corrected chi connectivity index (χ4v) is 3.85. The average Bonchev–Trinajstić information content (AvgIpc) is 3.28. The Hall–Kier alpha value is -4.16. The van der Waals surface area contributed by atoms with E-state index in [1.165, 1.54) is 4.90 Å². The van der Waals surface area contributed by atoms with Gasteiger partial charge in [0.25, 0.3) is 5.91 Å². The van der Waals surface area contributed by atoms with Gasteiger partial charge in [-0.05, 0) is 50.2 Å². The van der Waals surface area contributed by atoms with Crippen molar-refractivity contribution in [2.75, 3.05) is 18.4 Å². The van der Waals surface area contributed by atoms with Crippen LogP contribution in [0.2, 0.25) is 5.02 Å². The van der Waals surface area contributed by atoms with E-state index in [1.807, 2.05) is 73.1 Å². The molecule has 1 heterocycles. The molecule has 1 N–H and O–H groups in total. The SMILES string of the molecule is C=CCN(CC(=O)Nc1nc(-c2ccc(Cl)cc2)cn1-c1ccc(C)cc1)C(=O)c1ccc(C)cc1. The minimum absolute atomic E-state index is 0.143. The van der Waals surface area contributed by atoms with Gasteiger partial charge in [-0.3, -0.25) is 19.5 Å². The predicted octanol–water partition coefficient (Wildman–Crippen LogP) is 6.08. The summed E-state index contributed by atoms with van der Waals surface area (Å²) in [4.78, 5) is 32.3. The molecule has 7 heteroatoms. The quantitative estimate of drug-likeness (QED) is 0.299. The number of carbonyl (C=O) groups excluding carboxylic acids is 2. The van der Waals surface area contributed by atoms with Gasteiger partial charge in [-0.25, -0.2) is 4.98 Å². The Morgan fingerprint density at radius 2 is 1.58 bits per heavy atom. The van der Waals surface area contributed by atoms with Crippen molar-refractivity contribution in [3.05, 3.63) is 113 Å². The van der Waals surface area contributed by atoms with E-state index in [-0.39, 0.29) is 24.9 Å². The van der Waals surface area contributed by atoms with Crippen LogP contribution in [0.5, 0.6) is 0 Å². The molecule has 2 amide bonds. The molecule has 0 fully saturated rings. The molecule has 0 saturated heterocycles. The first kappa shape index (κ1) is 24.9. The van der Waals surface area contributed by atoms with E-state index >= 15 is 0 Å². The monoisotopic (exact) mass is 498 g/mol. The van der Waals surface area contributed by atoms with Gasteiger partial charge in [0.05, 0.1) is 5.69 Å². The summed E-state index contributed by atoms with van der Waals surface area (Å²) in [6, 6.07) is 22.5. The summed E-state index contributed by atoms with van der Waals surface area (Å²) >= 11 is 6.04. The molecule has 0 atom stereocenters. The first-order valence-corrected chi connectivity index (χ1v) is 11.9. The topological polar surface area (TPSA) is 67.2 Å². The van der Waals surface area contributed by atoms with Crippen LogP contribution in [0.1, 0.15) is 21.5 Å². The molecule has 3 aromatic carbocycles. The van der Waals surface area contributed by atoms with E-state index in [2.05, 4.69) is 16.9 Å². The smallest absolute Gasteiger partial charge is 0.254 e. The van der Waals surface area contributed by atoms with Gasteiger partial charge in [0.2, 0.25) is 11.9 Å². The van der Waals surface area contributed by atoms with Gasteiger partial charge in [0, 0.05) is 34.6 Å². The molecule has 0 aliphatic rings. The highest BCUT2D eigenvalue weighted by Crippen LogP contribution is 2.26. The maximum Gasteiger partial charge on any atom is 0.254 e. The zero-order valence-corrected chi connectivity index (χ0v) is 21.0. The molecule has 0 unspecified atom stereocenters. The van der Waals surface area contributed by atoms with Gasteiger partial charge in [-0.1, -0.05) is 65.2 Å². The molecule has 6 nitrogen and oxygen atoms in total. The second-order valence-corrected chi connectivity index (χ2v) is 8.99. The summed E-state index contributed by atoms with van der Waals surface area (Å²) in [6.45, 7) is 7.80. The average molecular weight is 499 g/mol. The van der Waals surface area contributed by atoms with Gasteiger partial charge in [-0.2, -0.15) is 0 Å². The Labute approximate surface area is 215 Å². The third kappa shape index (κ3) is 5.90. The Morgan fingerprint density at radius 1 is 0.972 bits per heavy atom. The number of anilines is 1. The van der Waals surface area contributed by atoms with Crippen LogP contribution in [0.3, 0.4) is 0 Å². The number of imidazole rings is 1. The molecule has 182 valence electrons. The zero-order valence-electron chi connectivity index (χ0n) is 20.2. The van der Waals surface area contributed by atoms with Crippen LogP contribution in [0, 0.1) is 13.8 Å². The van der Waals surface area contributed by atoms with Gasteiger partial charge >= 0.3 is 0 Å². The molecule has 36 heavy (non-hydrogen) atoms. The molecule has 4 aromatic rings. The lowest BCUT2D eigenvalue weighted by molar-refractivity contribution is -0.116. The van der Waals surface area contributed by atoms with Crippen molar-refractivity contribution >= 4 is 29.4 Å². The third-order valence-electron chi connectivity index (χ3n) is 5.68. The minimum Gasteiger partial charge on any atom is -0.326 e. The predicted molar refractivity (Wildman–Crippen MR) is 145 cm³/mol. The minimum atomic E-state index is -0.362. The molecule has 0 bridgehead atoms. The van der Waals surface area contributed by atoms with Crippen LogP contribution in [0.15, 0.2) is 91.6 Å². The van der Waals surface area contributed by atoms with Crippen molar-refractivity contribution in [1.29, 1.82) is 0 Å². The number of hydrogen-bond donors (Lipinski definition) is 1. The number of nitrogens with one attached hydrogen (secondary N) is 1. The van der Waals surface area contributed by atoms with Crippen LogP contribution in [-0.4, -0.2) is 39.4 Å². The fourth-order valence-electron chi connectivity index (χ4n) is 3.72. The summed E-state index contributed by atoms with van der Waals surface area (Å²) in [6.07, 6.45) is 3.47. The summed E-state index contributed by atoms with van der Waals surface area (Å²) in [5.41, 5.74) is 5.09. The number of carbonyl (C=O) groups is 2. The number of nitrogens with zero attached hydrogens (tertiary/aromatic N) is 3. The maximum absolute atomic E-state index is 13.1. The van der Waals surface area contributed by atoms with E-state index in [9.17, 15) is 9.59 Å². The van der Waals surface area contributed by atoms with Gasteiger partial charge < -0.3 is 4.90 Å². The lowest BCUT2D eigenvalue weighted by atomic mass is 10.1. The van der Waals surface area contributed by atoms with Crippen LogP contribution in [-0.2, 0) is 4.79 Å². The molecule has 0 aliphatic carbocycles. The zero-order chi connectivity index (χ0) is 25.7. The van der Waals surface area contributed by atoms with Crippen LogP contribution in [0.25, 0.3) is 16.9 Å². The summed E-state index contributed by atoms with van der Waals surface area (Å²) in [5.74, 6) is -0.247. The molecule has 0 saturated carbocycles. The van der Waals surface area contributed by atoms with Crippen LogP contribution in [0.4, 0.5) is 5.95 Å². The second-order valence-electron chi connectivity index (χ2n) is 8.55. The first-order valence-electron chi connectivity index (χ1n) is 11.5. The van der Waals surface area contributed by atoms with Crippen molar-refractivity contribution in [2.24, 2.45) is 0 Å². The standard InChI is InChI=1S/C29H27ClN4O2/c1-4-17-33(28(36)23-9-5-20(2)6-10-23)19-27(35)32-29-31-26(22-11-13-24(30)14-12-22)18-34(29)25-15-7-21(3)8-16-25/h4-16,18H,1,17,19H2,2-3H3,(H,31,32,35). The fraction of sp³-hybridized carbons (Fsp3) is 0.138. The molecule has 0 radical (unpaired) electrons. The van der Waals surface area contributed by atoms with Crippen molar-refractivity contribution < 1.29 is 9.59 Å². The third-order valence-corrected chi connectivity index (χ3v) is 5.93. The number of halogens is 1. The van der Waals surface area contributed by atoms with Crippen LogP contribution < -0.4 is 5.32 Å². The maximum atomic E-state index is 13.1. The Bertz CT molecular complexity index is 1370. The van der Waals surface area contributed by atoms with Crippen molar-refractivity contribution in [2.45, 2.75) is 13.8 Å². The second kappa shape index (κ2) is 11.1. The van der Waals surface area contributed by atoms with E-state index < -0.39 is 0 Å². The lowest BCUT2D eigenvalue weighted by Crippen LogP contribution is -2.38. The molecule has 0 aliphatic heterocycles. The molecular formula is C29H27ClN4O2. The molecule has 4 rings (SSSR count). The van der Waals surface area contributed by atoms with Gasteiger partial charge in [0.1, 0.15) is 6.54 Å². The van der Waals surface area contributed by atoms with E-state index in [0.29, 0.717) is 22.2 Å². The molecule has 0 spiro atoms. The van der Waals surface area contributed by atoms with E-state index in [1.54, 1.807) is 30.3 Å². The Kier molecular flexibility index (Phi) is 7.66. The Balaban J connectivity index is 1.60. The summed E-state index contributed by atoms with van der Waals surface area (Å²) < 4.78 is 1.82. The number of hydrogen-bond acceptors (Lipinski definition) is 3. The highest BCUT2D eigenvalue weighted by atomic mass is 35.5. The number of rotatable bonds is 8. The number of amides is 2.